The molecule has 0 spiro atoms. The predicted octanol–water partition coefficient (Wildman–Crippen LogP) is 1.65. The van der Waals surface area contributed by atoms with E-state index in [1.54, 1.807) is 30.3 Å². The minimum atomic E-state index is -3.83. The van der Waals surface area contributed by atoms with Gasteiger partial charge in [0, 0.05) is 18.8 Å². The molecule has 0 aromatic heterocycles. The Morgan fingerprint density at radius 1 is 0.938 bits per heavy atom. The molecular formula is C20H25N3O7S2. The first-order valence-corrected chi connectivity index (χ1v) is 13.3. The number of hydrogen-bond acceptors (Lipinski definition) is 7. The predicted molar refractivity (Wildman–Crippen MR) is 123 cm³/mol. The van der Waals surface area contributed by atoms with Crippen LogP contribution in [-0.2, 0) is 24.8 Å². The Balaban J connectivity index is 1.87. The summed E-state index contributed by atoms with van der Waals surface area (Å²) in [4.78, 5) is 12.9. The van der Waals surface area contributed by atoms with Crippen LogP contribution in [0.25, 0.3) is 0 Å². The summed E-state index contributed by atoms with van der Waals surface area (Å²) >= 11 is 0. The second-order valence-electron chi connectivity index (χ2n) is 7.33. The van der Waals surface area contributed by atoms with Crippen LogP contribution in [0.15, 0.2) is 42.5 Å². The highest BCUT2D eigenvalue weighted by Gasteiger charge is 2.30. The highest BCUT2D eigenvalue weighted by Crippen LogP contribution is 2.35. The number of anilines is 3. The van der Waals surface area contributed by atoms with Gasteiger partial charge >= 0.3 is 0 Å². The summed E-state index contributed by atoms with van der Waals surface area (Å²) < 4.78 is 61.7. The van der Waals surface area contributed by atoms with E-state index in [0.717, 1.165) is 21.1 Å². The first-order valence-electron chi connectivity index (χ1n) is 9.62. The van der Waals surface area contributed by atoms with Crippen LogP contribution >= 0.6 is 0 Å². The normalized spacial score (nSPS) is 14.4. The van der Waals surface area contributed by atoms with Crippen LogP contribution in [0.3, 0.4) is 0 Å². The van der Waals surface area contributed by atoms with Crippen LogP contribution < -0.4 is 23.4 Å². The minimum Gasteiger partial charge on any atom is -0.486 e. The summed E-state index contributed by atoms with van der Waals surface area (Å²) in [6, 6.07) is 9.78. The molecule has 0 saturated carbocycles. The number of fused-ring (bicyclic) bond motifs is 1. The molecule has 0 fully saturated rings. The van der Waals surface area contributed by atoms with Crippen molar-refractivity contribution in [2.75, 3.05) is 46.7 Å². The van der Waals surface area contributed by atoms with Gasteiger partial charge in [0.15, 0.2) is 11.5 Å². The Bertz CT molecular complexity index is 1230. The molecule has 3 rings (SSSR count). The maximum absolute atomic E-state index is 12.9. The van der Waals surface area contributed by atoms with Gasteiger partial charge in [0.25, 0.3) is 0 Å². The van der Waals surface area contributed by atoms with Crippen molar-refractivity contribution in [2.45, 2.75) is 13.0 Å². The van der Waals surface area contributed by atoms with Crippen molar-refractivity contribution in [3.05, 3.63) is 42.5 Å². The number of carbonyl (C=O) groups is 1. The third kappa shape index (κ3) is 5.25. The van der Waals surface area contributed by atoms with E-state index in [4.69, 9.17) is 9.47 Å². The molecule has 1 N–H and O–H groups in total. The lowest BCUT2D eigenvalue weighted by atomic mass is 10.2. The third-order valence-corrected chi connectivity index (χ3v) is 7.29. The van der Waals surface area contributed by atoms with E-state index in [0.29, 0.717) is 36.1 Å². The summed E-state index contributed by atoms with van der Waals surface area (Å²) in [5.74, 6) is 0.299. The van der Waals surface area contributed by atoms with Crippen LogP contribution in [0.4, 0.5) is 17.1 Å². The number of nitrogens with zero attached hydrogens (tertiary/aromatic N) is 2. The van der Waals surface area contributed by atoms with E-state index in [-0.39, 0.29) is 5.69 Å². The van der Waals surface area contributed by atoms with E-state index in [1.807, 2.05) is 0 Å². The third-order valence-electron chi connectivity index (χ3n) is 4.84. The summed E-state index contributed by atoms with van der Waals surface area (Å²) in [5, 5.41) is 2.65. The fraction of sp³-hybridized carbons (Fsp3) is 0.350. The van der Waals surface area contributed by atoms with Gasteiger partial charge in [-0.15, -0.1) is 0 Å². The van der Waals surface area contributed by atoms with Crippen molar-refractivity contribution in [3.63, 3.8) is 0 Å². The van der Waals surface area contributed by atoms with Crippen molar-refractivity contribution in [3.8, 4) is 11.5 Å². The number of ether oxygens (including phenoxy) is 2. The monoisotopic (exact) mass is 483 g/mol. The molecule has 12 heteroatoms. The Morgan fingerprint density at radius 3 is 2.22 bits per heavy atom. The summed E-state index contributed by atoms with van der Waals surface area (Å²) in [6.45, 7) is 2.19. The van der Waals surface area contributed by atoms with Gasteiger partial charge in [-0.05, 0) is 37.3 Å². The Kier molecular flexibility index (Phi) is 6.56. The topological polar surface area (TPSA) is 122 Å². The Labute approximate surface area is 187 Å². The van der Waals surface area contributed by atoms with Gasteiger partial charge in [-0.3, -0.25) is 13.4 Å². The Hall–Kier alpha value is -2.99. The van der Waals surface area contributed by atoms with Gasteiger partial charge in [0.2, 0.25) is 26.0 Å². The number of nitrogens with one attached hydrogen (secondary N) is 1. The van der Waals surface area contributed by atoms with Gasteiger partial charge in [-0.2, -0.15) is 0 Å². The molecule has 1 heterocycles. The molecule has 0 radical (unpaired) electrons. The molecule has 1 aliphatic rings. The molecule has 0 bridgehead atoms. The van der Waals surface area contributed by atoms with Gasteiger partial charge in [-0.25, -0.2) is 16.8 Å². The number of sulfonamides is 2. The molecule has 10 nitrogen and oxygen atoms in total. The average molecular weight is 484 g/mol. The van der Waals surface area contributed by atoms with Crippen LogP contribution in [0.2, 0.25) is 0 Å². The second kappa shape index (κ2) is 8.87. The number of hydrogen-bond donors (Lipinski definition) is 1. The molecule has 1 aliphatic heterocycles. The van der Waals surface area contributed by atoms with Gasteiger partial charge in [-0.1, -0.05) is 6.07 Å². The molecule has 32 heavy (non-hydrogen) atoms. The largest absolute Gasteiger partial charge is 0.486 e. The maximum atomic E-state index is 12.9. The van der Waals surface area contributed by atoms with Crippen LogP contribution in [0, 0.1) is 0 Å². The van der Waals surface area contributed by atoms with Crippen LogP contribution in [0.1, 0.15) is 6.92 Å². The zero-order chi connectivity index (χ0) is 23.7. The number of carbonyl (C=O) groups excluding carboxylic acids is 1. The molecule has 2 aromatic rings. The number of benzene rings is 2. The van der Waals surface area contributed by atoms with E-state index in [9.17, 15) is 21.6 Å². The lowest BCUT2D eigenvalue weighted by Gasteiger charge is -2.29. The molecule has 0 saturated heterocycles. The van der Waals surface area contributed by atoms with Crippen molar-refractivity contribution >= 4 is 43.0 Å². The quantitative estimate of drug-likeness (QED) is 0.635. The standard InChI is InChI=1S/C20H25N3O7S2/c1-14(20(24)21-15-6-5-7-16(12-15)22(2)31(3,25)26)23(32(4,27)28)17-8-9-18-19(13-17)30-11-10-29-18/h5-9,12-14H,10-11H2,1-4H3,(H,21,24)/t14-/m1/s1. The van der Waals surface area contributed by atoms with E-state index >= 15 is 0 Å². The number of amides is 1. The Morgan fingerprint density at radius 2 is 1.59 bits per heavy atom. The average Bonchev–Trinajstić information content (AvgIpc) is 2.71. The van der Waals surface area contributed by atoms with Crippen molar-refractivity contribution in [1.29, 1.82) is 0 Å². The van der Waals surface area contributed by atoms with Gasteiger partial charge < -0.3 is 14.8 Å². The van der Waals surface area contributed by atoms with E-state index < -0.39 is 32.0 Å². The van der Waals surface area contributed by atoms with E-state index in [1.165, 1.54) is 26.1 Å². The fourth-order valence-corrected chi connectivity index (χ4v) is 4.86. The molecule has 174 valence electrons. The molecule has 1 amide bonds. The van der Waals surface area contributed by atoms with Crippen LogP contribution in [-0.4, -0.2) is 61.6 Å². The summed E-state index contributed by atoms with van der Waals surface area (Å²) in [6.07, 6.45) is 2.08. The SMILES string of the molecule is C[C@H](C(=O)Nc1cccc(N(C)S(C)(=O)=O)c1)N(c1ccc2c(c1)OCCO2)S(C)(=O)=O. The minimum absolute atomic E-state index is 0.255. The first kappa shape index (κ1) is 23.7. The highest BCUT2D eigenvalue weighted by molar-refractivity contribution is 7.92. The van der Waals surface area contributed by atoms with Gasteiger partial charge in [0.05, 0.1) is 23.9 Å². The van der Waals surface area contributed by atoms with Crippen molar-refractivity contribution in [2.24, 2.45) is 0 Å². The fourth-order valence-electron chi connectivity index (χ4n) is 3.20. The first-order chi connectivity index (χ1) is 14.9. The van der Waals surface area contributed by atoms with Crippen molar-refractivity contribution in [1.82, 2.24) is 0 Å². The van der Waals surface area contributed by atoms with Crippen LogP contribution in [0.5, 0.6) is 11.5 Å². The molecular weight excluding hydrogens is 458 g/mol. The zero-order valence-electron chi connectivity index (χ0n) is 18.1. The lowest BCUT2D eigenvalue weighted by Crippen LogP contribution is -2.45. The summed E-state index contributed by atoms with van der Waals surface area (Å²) in [5.41, 5.74) is 0.931. The molecule has 0 unspecified atom stereocenters. The molecule has 2 aromatic carbocycles. The highest BCUT2D eigenvalue weighted by atomic mass is 32.2. The maximum Gasteiger partial charge on any atom is 0.247 e. The molecule has 1 atom stereocenters. The number of rotatable bonds is 7. The van der Waals surface area contributed by atoms with Crippen molar-refractivity contribution < 1.29 is 31.1 Å². The zero-order valence-corrected chi connectivity index (χ0v) is 19.7. The summed E-state index contributed by atoms with van der Waals surface area (Å²) in [7, 11) is -5.92. The van der Waals surface area contributed by atoms with Gasteiger partial charge in [0.1, 0.15) is 19.3 Å². The smallest absolute Gasteiger partial charge is 0.247 e. The van der Waals surface area contributed by atoms with E-state index in [2.05, 4.69) is 5.32 Å². The second-order valence-corrected chi connectivity index (χ2v) is 11.2. The lowest BCUT2D eigenvalue weighted by molar-refractivity contribution is -0.116. The molecule has 0 aliphatic carbocycles.